The lowest BCUT2D eigenvalue weighted by atomic mass is 9.98. The van der Waals surface area contributed by atoms with Crippen LogP contribution in [0.25, 0.3) is 0 Å². The van der Waals surface area contributed by atoms with E-state index in [0.717, 1.165) is 12.8 Å². The van der Waals surface area contributed by atoms with Crippen LogP contribution in [0.3, 0.4) is 0 Å². The summed E-state index contributed by atoms with van der Waals surface area (Å²) in [7, 11) is -0.641. The molecule has 1 aromatic carbocycles. The summed E-state index contributed by atoms with van der Waals surface area (Å²) in [4.78, 5) is 12.0. The van der Waals surface area contributed by atoms with Crippen molar-refractivity contribution >= 4 is 13.4 Å². The molecule has 0 radical (unpaired) electrons. The Balaban J connectivity index is 2.47. The Hall–Kier alpha value is -0.960. The average molecular weight is 284 g/mol. The Bertz CT molecular complexity index is 436. The molecule has 1 rings (SSSR count). The molecular formula is C14H21O4P. The molecule has 19 heavy (non-hydrogen) atoms. The Morgan fingerprint density at radius 3 is 2.32 bits per heavy atom. The van der Waals surface area contributed by atoms with Gasteiger partial charge in [-0.05, 0) is 18.4 Å². The van der Waals surface area contributed by atoms with Crippen molar-refractivity contribution in [2.45, 2.75) is 19.8 Å². The van der Waals surface area contributed by atoms with E-state index < -0.39 is 7.60 Å². The number of hydrogen-bond donors (Lipinski definition) is 0. The van der Waals surface area contributed by atoms with Crippen LogP contribution in [0.5, 0.6) is 0 Å². The van der Waals surface area contributed by atoms with Gasteiger partial charge in [0.05, 0.1) is 0 Å². The lowest BCUT2D eigenvalue weighted by Gasteiger charge is -2.15. The quantitative estimate of drug-likeness (QED) is 0.687. The van der Waals surface area contributed by atoms with E-state index in [-0.39, 0.29) is 17.9 Å². The van der Waals surface area contributed by atoms with Gasteiger partial charge in [0.15, 0.2) is 0 Å². The molecule has 0 heterocycles. The molecule has 5 heteroatoms. The van der Waals surface area contributed by atoms with Crippen LogP contribution in [0.15, 0.2) is 30.3 Å². The van der Waals surface area contributed by atoms with Gasteiger partial charge in [0.25, 0.3) is 0 Å². The minimum absolute atomic E-state index is 0.0806. The molecule has 0 aliphatic rings. The van der Waals surface area contributed by atoms with Gasteiger partial charge in [-0.1, -0.05) is 37.3 Å². The first-order chi connectivity index (χ1) is 9.00. The van der Waals surface area contributed by atoms with Crippen LogP contribution in [0.2, 0.25) is 0 Å². The van der Waals surface area contributed by atoms with Gasteiger partial charge in [-0.15, -0.1) is 0 Å². The molecule has 1 atom stereocenters. The number of benzene rings is 1. The maximum absolute atomic E-state index is 12.0. The van der Waals surface area contributed by atoms with E-state index in [1.54, 1.807) is 0 Å². The third-order valence-corrected chi connectivity index (χ3v) is 4.98. The van der Waals surface area contributed by atoms with E-state index in [9.17, 15) is 9.36 Å². The average Bonchev–Trinajstić information content (AvgIpc) is 2.45. The molecule has 0 saturated carbocycles. The van der Waals surface area contributed by atoms with Gasteiger partial charge in [-0.25, -0.2) is 0 Å². The molecular weight excluding hydrogens is 263 g/mol. The van der Waals surface area contributed by atoms with E-state index in [2.05, 4.69) is 0 Å². The minimum Gasteiger partial charge on any atom is -0.312 e. The summed E-state index contributed by atoms with van der Waals surface area (Å²) in [6, 6.07) is 9.99. The van der Waals surface area contributed by atoms with E-state index in [0.29, 0.717) is 0 Å². The second-order valence-electron chi connectivity index (χ2n) is 4.53. The summed E-state index contributed by atoms with van der Waals surface area (Å²) >= 11 is 0. The topological polar surface area (TPSA) is 52.6 Å². The fraction of sp³-hybridized carbons (Fsp3) is 0.500. The van der Waals surface area contributed by atoms with Crippen molar-refractivity contribution in [3.8, 4) is 0 Å². The summed E-state index contributed by atoms with van der Waals surface area (Å²) in [6.45, 7) is 1.85. The number of aryl methyl sites for hydroxylation is 1. The van der Waals surface area contributed by atoms with Gasteiger partial charge in [-0.3, -0.25) is 9.36 Å². The van der Waals surface area contributed by atoms with Gasteiger partial charge in [0, 0.05) is 20.1 Å². The van der Waals surface area contributed by atoms with Crippen molar-refractivity contribution in [3.63, 3.8) is 0 Å². The van der Waals surface area contributed by atoms with Crippen LogP contribution in [-0.4, -0.2) is 26.2 Å². The fourth-order valence-electron chi connectivity index (χ4n) is 1.74. The van der Waals surface area contributed by atoms with Crippen molar-refractivity contribution in [2.24, 2.45) is 5.92 Å². The van der Waals surface area contributed by atoms with Crippen LogP contribution >= 0.6 is 7.60 Å². The number of carbonyl (C=O) groups is 1. The zero-order valence-corrected chi connectivity index (χ0v) is 12.6. The highest BCUT2D eigenvalue weighted by Gasteiger charge is 2.27. The van der Waals surface area contributed by atoms with Crippen LogP contribution < -0.4 is 0 Å². The van der Waals surface area contributed by atoms with Gasteiger partial charge in [-0.2, -0.15) is 0 Å². The Morgan fingerprint density at radius 1 is 1.21 bits per heavy atom. The van der Waals surface area contributed by atoms with Gasteiger partial charge < -0.3 is 9.05 Å². The first-order valence-electron chi connectivity index (χ1n) is 6.28. The molecule has 0 amide bonds. The summed E-state index contributed by atoms with van der Waals surface area (Å²) in [5.41, 5.74) is 1.20. The summed E-state index contributed by atoms with van der Waals surface area (Å²) in [5, 5.41) is 0. The first-order valence-corrected chi connectivity index (χ1v) is 8.00. The SMILES string of the molecule is COP(=O)(CC(=O)[C@@H](C)CCc1ccccc1)OC. The van der Waals surface area contributed by atoms with Gasteiger partial charge in [0.1, 0.15) is 11.9 Å². The highest BCUT2D eigenvalue weighted by atomic mass is 31.2. The second kappa shape index (κ2) is 7.59. The molecule has 0 aliphatic heterocycles. The molecule has 0 spiro atoms. The molecule has 0 unspecified atom stereocenters. The van der Waals surface area contributed by atoms with E-state index in [1.165, 1.54) is 19.8 Å². The molecule has 0 fully saturated rings. The largest absolute Gasteiger partial charge is 0.337 e. The standard InChI is InChI=1S/C14H21O4P/c1-12(9-10-13-7-5-4-6-8-13)14(15)11-19(16,17-2)18-3/h4-8,12H,9-11H2,1-3H3/t12-/m0/s1. The summed E-state index contributed by atoms with van der Waals surface area (Å²) in [5.74, 6) is -0.234. The summed E-state index contributed by atoms with van der Waals surface area (Å²) in [6.07, 6.45) is 1.41. The van der Waals surface area contributed by atoms with Crippen LogP contribution in [-0.2, 0) is 24.8 Å². The highest BCUT2D eigenvalue weighted by molar-refractivity contribution is 7.54. The van der Waals surface area contributed by atoms with Gasteiger partial charge >= 0.3 is 7.60 Å². The van der Waals surface area contributed by atoms with Crippen molar-refractivity contribution in [1.29, 1.82) is 0 Å². The van der Waals surface area contributed by atoms with Crippen molar-refractivity contribution in [3.05, 3.63) is 35.9 Å². The van der Waals surface area contributed by atoms with Gasteiger partial charge in [0.2, 0.25) is 0 Å². The zero-order valence-electron chi connectivity index (χ0n) is 11.7. The first kappa shape index (κ1) is 16.1. The predicted octanol–water partition coefficient (Wildman–Crippen LogP) is 3.31. The van der Waals surface area contributed by atoms with Crippen LogP contribution in [0.4, 0.5) is 0 Å². The Kier molecular flexibility index (Phi) is 6.43. The third-order valence-electron chi connectivity index (χ3n) is 3.16. The van der Waals surface area contributed by atoms with Crippen LogP contribution in [0, 0.1) is 5.92 Å². The smallest absolute Gasteiger partial charge is 0.312 e. The number of hydrogen-bond acceptors (Lipinski definition) is 4. The monoisotopic (exact) mass is 284 g/mol. The maximum atomic E-state index is 12.0. The molecule has 0 saturated heterocycles. The minimum atomic E-state index is -3.24. The van der Waals surface area contributed by atoms with Crippen LogP contribution in [0.1, 0.15) is 18.9 Å². The molecule has 0 N–H and O–H groups in total. The molecule has 0 aromatic heterocycles. The van der Waals surface area contributed by atoms with Crippen molar-refractivity contribution < 1.29 is 18.4 Å². The lowest BCUT2D eigenvalue weighted by molar-refractivity contribution is -0.120. The third kappa shape index (κ3) is 5.27. The fourth-order valence-corrected chi connectivity index (χ4v) is 2.84. The Labute approximate surface area is 114 Å². The Morgan fingerprint density at radius 2 is 1.79 bits per heavy atom. The van der Waals surface area contributed by atoms with E-state index in [1.807, 2.05) is 37.3 Å². The van der Waals surface area contributed by atoms with Crippen molar-refractivity contribution in [1.82, 2.24) is 0 Å². The molecule has 106 valence electrons. The predicted molar refractivity (Wildman–Crippen MR) is 75.4 cm³/mol. The number of Topliss-reactive ketones (excluding diaryl/α,β-unsaturated/α-hetero) is 1. The van der Waals surface area contributed by atoms with E-state index >= 15 is 0 Å². The number of ketones is 1. The zero-order chi connectivity index (χ0) is 14.3. The number of rotatable bonds is 8. The normalized spacial score (nSPS) is 13.2. The molecule has 0 aliphatic carbocycles. The molecule has 0 bridgehead atoms. The second-order valence-corrected chi connectivity index (χ2v) is 6.79. The molecule has 4 nitrogen and oxygen atoms in total. The lowest BCUT2D eigenvalue weighted by Crippen LogP contribution is -2.17. The summed E-state index contributed by atoms with van der Waals surface area (Å²) < 4.78 is 21.4. The maximum Gasteiger partial charge on any atom is 0.337 e. The molecule has 1 aromatic rings. The van der Waals surface area contributed by atoms with E-state index in [4.69, 9.17) is 9.05 Å². The number of carbonyl (C=O) groups excluding carboxylic acids is 1. The highest BCUT2D eigenvalue weighted by Crippen LogP contribution is 2.46. The van der Waals surface area contributed by atoms with Crippen molar-refractivity contribution in [2.75, 3.05) is 20.4 Å².